The Labute approximate surface area is 146 Å². The molecule has 0 spiro atoms. The van der Waals surface area contributed by atoms with Crippen LogP contribution < -0.4 is 9.62 Å². The van der Waals surface area contributed by atoms with Gasteiger partial charge >= 0.3 is 0 Å². The first kappa shape index (κ1) is 18.2. The fraction of sp³-hybridized carbons (Fsp3) is 0.250. The van der Waals surface area contributed by atoms with E-state index in [4.69, 9.17) is 11.6 Å². The third-order valence-corrected chi connectivity index (χ3v) is 4.67. The molecule has 1 aromatic heterocycles. The van der Waals surface area contributed by atoms with Gasteiger partial charge < -0.3 is 5.32 Å². The van der Waals surface area contributed by atoms with Crippen LogP contribution in [0.2, 0.25) is 5.02 Å². The molecular weight excluding hydrogens is 350 g/mol. The van der Waals surface area contributed by atoms with Gasteiger partial charge in [0.05, 0.1) is 24.2 Å². The Balaban J connectivity index is 2.13. The van der Waals surface area contributed by atoms with Crippen LogP contribution in [0.4, 0.5) is 5.69 Å². The van der Waals surface area contributed by atoms with Gasteiger partial charge in [-0.15, -0.1) is 0 Å². The Morgan fingerprint density at radius 2 is 2.04 bits per heavy atom. The number of rotatable bonds is 6. The van der Waals surface area contributed by atoms with Gasteiger partial charge in [0, 0.05) is 11.2 Å². The average Bonchev–Trinajstić information content (AvgIpc) is 2.51. The van der Waals surface area contributed by atoms with E-state index < -0.39 is 15.9 Å². The number of nitrogens with zero attached hydrogens (tertiary/aromatic N) is 2. The van der Waals surface area contributed by atoms with Gasteiger partial charge in [0.15, 0.2) is 0 Å². The maximum Gasteiger partial charge on any atom is 0.241 e. The van der Waals surface area contributed by atoms with Gasteiger partial charge in [0.1, 0.15) is 6.54 Å². The fourth-order valence-corrected chi connectivity index (χ4v) is 3.30. The molecule has 1 aromatic carbocycles. The summed E-state index contributed by atoms with van der Waals surface area (Å²) >= 11 is 5.90. The third-order valence-electron chi connectivity index (χ3n) is 3.31. The van der Waals surface area contributed by atoms with Crippen molar-refractivity contribution in [3.05, 3.63) is 58.9 Å². The van der Waals surface area contributed by atoms with E-state index in [1.807, 2.05) is 6.07 Å². The number of amides is 1. The number of hydrogen-bond acceptors (Lipinski definition) is 4. The van der Waals surface area contributed by atoms with Gasteiger partial charge in [-0.25, -0.2) is 8.42 Å². The standard InChI is InChI=1S/C16H18ClN3O3S/c1-12-9-13(17)6-7-15(12)20(24(2,22)23)11-16(21)19-10-14-5-3-4-8-18-14/h3-9H,10-11H2,1-2H3,(H,19,21). The molecule has 6 nitrogen and oxygen atoms in total. The van der Waals surface area contributed by atoms with Crippen molar-refractivity contribution in [2.45, 2.75) is 13.5 Å². The summed E-state index contributed by atoms with van der Waals surface area (Å²) in [5, 5.41) is 3.17. The van der Waals surface area contributed by atoms with Crippen LogP contribution in [0.3, 0.4) is 0 Å². The minimum atomic E-state index is -3.62. The molecule has 2 rings (SSSR count). The number of carbonyl (C=O) groups excluding carboxylic acids is 1. The van der Waals surface area contributed by atoms with Crippen molar-refractivity contribution in [3.8, 4) is 0 Å². The van der Waals surface area contributed by atoms with Crippen LogP contribution in [0.1, 0.15) is 11.3 Å². The van der Waals surface area contributed by atoms with Crippen LogP contribution in [0.5, 0.6) is 0 Å². The number of anilines is 1. The summed E-state index contributed by atoms with van der Waals surface area (Å²) in [6, 6.07) is 10.2. The quantitative estimate of drug-likeness (QED) is 0.848. The number of hydrogen-bond donors (Lipinski definition) is 1. The van der Waals surface area contributed by atoms with E-state index >= 15 is 0 Å². The lowest BCUT2D eigenvalue weighted by molar-refractivity contribution is -0.119. The first-order valence-electron chi connectivity index (χ1n) is 7.18. The van der Waals surface area contributed by atoms with Gasteiger partial charge in [-0.1, -0.05) is 17.7 Å². The Hall–Kier alpha value is -2.12. The van der Waals surface area contributed by atoms with Crippen LogP contribution in [0, 0.1) is 6.92 Å². The van der Waals surface area contributed by atoms with Crippen LogP contribution in [0.25, 0.3) is 0 Å². The highest BCUT2D eigenvalue weighted by atomic mass is 35.5. The van der Waals surface area contributed by atoms with Gasteiger partial charge in [0.2, 0.25) is 15.9 Å². The molecule has 1 heterocycles. The maximum atomic E-state index is 12.2. The largest absolute Gasteiger partial charge is 0.349 e. The molecule has 0 aliphatic rings. The van der Waals surface area contributed by atoms with Gasteiger partial charge in [-0.2, -0.15) is 0 Å². The van der Waals surface area contributed by atoms with E-state index in [1.54, 1.807) is 43.5 Å². The molecule has 0 saturated heterocycles. The molecule has 1 amide bonds. The Morgan fingerprint density at radius 1 is 1.29 bits per heavy atom. The summed E-state index contributed by atoms with van der Waals surface area (Å²) < 4.78 is 25.2. The summed E-state index contributed by atoms with van der Waals surface area (Å²) in [7, 11) is -3.62. The zero-order valence-electron chi connectivity index (χ0n) is 13.4. The summed E-state index contributed by atoms with van der Waals surface area (Å²) in [6.07, 6.45) is 2.69. The second kappa shape index (κ2) is 7.63. The number of aryl methyl sites for hydroxylation is 1. The molecule has 0 radical (unpaired) electrons. The molecule has 2 aromatic rings. The third kappa shape index (κ3) is 4.94. The molecule has 0 atom stereocenters. The van der Waals surface area contributed by atoms with E-state index in [0.717, 1.165) is 10.6 Å². The summed E-state index contributed by atoms with van der Waals surface area (Å²) in [5.74, 6) is -0.416. The zero-order valence-corrected chi connectivity index (χ0v) is 14.9. The highest BCUT2D eigenvalue weighted by molar-refractivity contribution is 7.92. The molecular formula is C16H18ClN3O3S. The summed E-state index contributed by atoms with van der Waals surface area (Å²) in [5.41, 5.74) is 1.79. The minimum Gasteiger partial charge on any atom is -0.349 e. The number of sulfonamides is 1. The highest BCUT2D eigenvalue weighted by Gasteiger charge is 2.22. The number of nitrogens with one attached hydrogen (secondary N) is 1. The fourth-order valence-electron chi connectivity index (χ4n) is 2.16. The molecule has 8 heteroatoms. The highest BCUT2D eigenvalue weighted by Crippen LogP contribution is 2.25. The molecule has 24 heavy (non-hydrogen) atoms. The Kier molecular flexibility index (Phi) is 5.80. The molecule has 128 valence electrons. The molecule has 0 bridgehead atoms. The Morgan fingerprint density at radius 3 is 2.62 bits per heavy atom. The zero-order chi connectivity index (χ0) is 17.7. The summed E-state index contributed by atoms with van der Waals surface area (Å²) in [6.45, 7) is 1.66. The summed E-state index contributed by atoms with van der Waals surface area (Å²) in [4.78, 5) is 16.3. The van der Waals surface area contributed by atoms with E-state index in [-0.39, 0.29) is 13.1 Å². The lowest BCUT2D eigenvalue weighted by atomic mass is 10.2. The topological polar surface area (TPSA) is 79.4 Å². The van der Waals surface area contributed by atoms with E-state index in [9.17, 15) is 13.2 Å². The number of halogens is 1. The van der Waals surface area contributed by atoms with Crippen molar-refractivity contribution in [1.29, 1.82) is 0 Å². The lowest BCUT2D eigenvalue weighted by Crippen LogP contribution is -2.40. The molecule has 0 unspecified atom stereocenters. The number of aromatic nitrogens is 1. The number of carbonyl (C=O) groups is 1. The van der Waals surface area contributed by atoms with E-state index in [1.165, 1.54) is 0 Å². The normalized spacial score (nSPS) is 11.1. The number of benzene rings is 1. The van der Waals surface area contributed by atoms with Crippen molar-refractivity contribution < 1.29 is 13.2 Å². The smallest absolute Gasteiger partial charge is 0.241 e. The monoisotopic (exact) mass is 367 g/mol. The first-order valence-corrected chi connectivity index (χ1v) is 9.40. The molecule has 0 aliphatic heterocycles. The number of pyridine rings is 1. The van der Waals surface area contributed by atoms with Crippen LogP contribution in [0.15, 0.2) is 42.6 Å². The van der Waals surface area contributed by atoms with Crippen molar-refractivity contribution in [2.24, 2.45) is 0 Å². The molecule has 0 aliphatic carbocycles. The van der Waals surface area contributed by atoms with E-state index in [2.05, 4.69) is 10.3 Å². The molecule has 1 N–H and O–H groups in total. The predicted octanol–water partition coefficient (Wildman–Crippen LogP) is 2.13. The second-order valence-corrected chi connectivity index (χ2v) is 7.64. The maximum absolute atomic E-state index is 12.2. The van der Waals surface area contributed by atoms with Crippen LogP contribution in [-0.4, -0.2) is 32.1 Å². The van der Waals surface area contributed by atoms with Gasteiger partial charge in [0.25, 0.3) is 0 Å². The van der Waals surface area contributed by atoms with Crippen molar-refractivity contribution in [1.82, 2.24) is 10.3 Å². The van der Waals surface area contributed by atoms with Crippen LogP contribution in [-0.2, 0) is 21.4 Å². The Bertz CT molecular complexity index is 826. The average molecular weight is 368 g/mol. The molecule has 0 saturated carbocycles. The van der Waals surface area contributed by atoms with Gasteiger partial charge in [-0.3, -0.25) is 14.1 Å². The van der Waals surface area contributed by atoms with Crippen molar-refractivity contribution in [2.75, 3.05) is 17.1 Å². The van der Waals surface area contributed by atoms with E-state index in [0.29, 0.717) is 22.0 Å². The van der Waals surface area contributed by atoms with Crippen LogP contribution >= 0.6 is 11.6 Å². The first-order chi connectivity index (χ1) is 11.3. The predicted molar refractivity (Wildman–Crippen MR) is 94.5 cm³/mol. The lowest BCUT2D eigenvalue weighted by Gasteiger charge is -2.23. The SMILES string of the molecule is Cc1cc(Cl)ccc1N(CC(=O)NCc1ccccn1)S(C)(=O)=O. The van der Waals surface area contributed by atoms with Crippen molar-refractivity contribution >= 4 is 33.2 Å². The molecule has 0 fully saturated rings. The minimum absolute atomic E-state index is 0.233. The van der Waals surface area contributed by atoms with Crippen molar-refractivity contribution in [3.63, 3.8) is 0 Å². The van der Waals surface area contributed by atoms with Gasteiger partial charge in [-0.05, 0) is 42.8 Å². The second-order valence-electron chi connectivity index (χ2n) is 5.30.